The van der Waals surface area contributed by atoms with E-state index in [0.717, 1.165) is 5.69 Å². The van der Waals surface area contributed by atoms with Crippen molar-refractivity contribution in [1.82, 2.24) is 14.9 Å². The molecule has 1 aliphatic heterocycles. The summed E-state index contributed by atoms with van der Waals surface area (Å²) in [6.45, 7) is 4.47. The van der Waals surface area contributed by atoms with Crippen molar-refractivity contribution in [1.29, 1.82) is 0 Å². The summed E-state index contributed by atoms with van der Waals surface area (Å²) in [5.41, 5.74) is 1.34. The average Bonchev–Trinajstić information content (AvgIpc) is 2.77. The van der Waals surface area contributed by atoms with Crippen LogP contribution >= 0.6 is 11.6 Å². The number of aromatic amines is 1. The van der Waals surface area contributed by atoms with Gasteiger partial charge in [0.25, 0.3) is 11.5 Å². The van der Waals surface area contributed by atoms with Crippen molar-refractivity contribution < 1.29 is 9.53 Å². The Morgan fingerprint density at radius 3 is 2.88 bits per heavy atom. The van der Waals surface area contributed by atoms with Crippen LogP contribution in [-0.4, -0.2) is 40.0 Å². The fourth-order valence-corrected chi connectivity index (χ4v) is 3.19. The third kappa shape index (κ3) is 4.02. The summed E-state index contributed by atoms with van der Waals surface area (Å²) in [5.74, 6) is 1.04. The summed E-state index contributed by atoms with van der Waals surface area (Å²) in [7, 11) is 0. The highest BCUT2D eigenvalue weighted by molar-refractivity contribution is 6.30. The first-order valence-corrected chi connectivity index (χ1v) is 8.61. The number of halogens is 1. The molecule has 0 saturated heterocycles. The molecular weight excluding hydrogens is 342 g/mol. The van der Waals surface area contributed by atoms with Crippen LogP contribution in [0.5, 0.6) is 5.75 Å². The number of rotatable bonds is 3. The van der Waals surface area contributed by atoms with Gasteiger partial charge in [-0.2, -0.15) is 0 Å². The number of carbonyl (C=O) groups is 1. The van der Waals surface area contributed by atoms with Gasteiger partial charge >= 0.3 is 0 Å². The van der Waals surface area contributed by atoms with Crippen molar-refractivity contribution in [2.45, 2.75) is 32.8 Å². The molecule has 1 N–H and O–H groups in total. The number of nitrogens with zero attached hydrogens (tertiary/aromatic N) is 2. The van der Waals surface area contributed by atoms with Crippen LogP contribution in [-0.2, 0) is 17.6 Å². The molecule has 0 saturated carbocycles. The minimum absolute atomic E-state index is 0.110. The second-order valence-corrected chi connectivity index (χ2v) is 6.56. The van der Waals surface area contributed by atoms with Crippen molar-refractivity contribution in [3.8, 4) is 5.75 Å². The van der Waals surface area contributed by atoms with E-state index in [1.54, 1.807) is 43.0 Å². The highest BCUT2D eigenvalue weighted by Crippen LogP contribution is 2.19. The quantitative estimate of drug-likeness (QED) is 0.908. The molecule has 0 spiro atoms. The van der Waals surface area contributed by atoms with Crippen molar-refractivity contribution in [3.63, 3.8) is 0 Å². The SMILES string of the molecule is Cc1nc2c(c(=O)[nH]1)CCN(C(=O)[C@H](C)Oc1cccc(Cl)c1)CC2. The number of hydrogen-bond acceptors (Lipinski definition) is 4. The van der Waals surface area contributed by atoms with Crippen LogP contribution < -0.4 is 10.3 Å². The maximum absolute atomic E-state index is 12.7. The Balaban J connectivity index is 1.69. The summed E-state index contributed by atoms with van der Waals surface area (Å²) in [6, 6.07) is 6.97. The highest BCUT2D eigenvalue weighted by atomic mass is 35.5. The van der Waals surface area contributed by atoms with Crippen LogP contribution in [0.1, 0.15) is 24.0 Å². The highest BCUT2D eigenvalue weighted by Gasteiger charge is 2.25. The molecule has 2 heterocycles. The average molecular weight is 362 g/mol. The van der Waals surface area contributed by atoms with Crippen LogP contribution in [0, 0.1) is 6.92 Å². The molecule has 0 unspecified atom stereocenters. The third-order valence-electron chi connectivity index (χ3n) is 4.24. The van der Waals surface area contributed by atoms with Gasteiger partial charge in [-0.1, -0.05) is 17.7 Å². The van der Waals surface area contributed by atoms with Gasteiger partial charge in [0.05, 0.1) is 5.69 Å². The summed E-state index contributed by atoms with van der Waals surface area (Å²) in [4.78, 5) is 33.7. The van der Waals surface area contributed by atoms with Gasteiger partial charge in [-0.3, -0.25) is 9.59 Å². The van der Waals surface area contributed by atoms with Crippen LogP contribution in [0.15, 0.2) is 29.1 Å². The summed E-state index contributed by atoms with van der Waals surface area (Å²) < 4.78 is 5.71. The van der Waals surface area contributed by atoms with E-state index >= 15 is 0 Å². The first-order chi connectivity index (χ1) is 11.9. The maximum Gasteiger partial charge on any atom is 0.263 e. The molecule has 1 aliphatic rings. The van der Waals surface area contributed by atoms with Gasteiger partial charge in [0.1, 0.15) is 11.6 Å². The maximum atomic E-state index is 12.7. The largest absolute Gasteiger partial charge is 0.481 e. The van der Waals surface area contributed by atoms with E-state index in [1.165, 1.54) is 0 Å². The molecule has 1 amide bonds. The van der Waals surface area contributed by atoms with Crippen molar-refractivity contribution in [3.05, 3.63) is 56.7 Å². The van der Waals surface area contributed by atoms with Gasteiger partial charge in [0.2, 0.25) is 0 Å². The van der Waals surface area contributed by atoms with Crippen LogP contribution in [0.3, 0.4) is 0 Å². The zero-order valence-corrected chi connectivity index (χ0v) is 15.0. The molecule has 0 bridgehead atoms. The number of nitrogens with one attached hydrogen (secondary N) is 1. The van der Waals surface area contributed by atoms with Gasteiger partial charge < -0.3 is 14.6 Å². The lowest BCUT2D eigenvalue weighted by Gasteiger charge is -2.24. The van der Waals surface area contributed by atoms with E-state index in [4.69, 9.17) is 16.3 Å². The van der Waals surface area contributed by atoms with E-state index in [9.17, 15) is 9.59 Å². The van der Waals surface area contributed by atoms with Gasteiger partial charge in [-0.25, -0.2) is 4.98 Å². The first-order valence-electron chi connectivity index (χ1n) is 8.23. The molecule has 1 aromatic carbocycles. The number of ether oxygens (including phenoxy) is 1. The molecule has 25 heavy (non-hydrogen) atoms. The molecule has 132 valence electrons. The zero-order chi connectivity index (χ0) is 18.0. The third-order valence-corrected chi connectivity index (χ3v) is 4.47. The number of amides is 1. The fourth-order valence-electron chi connectivity index (χ4n) is 3.01. The molecule has 0 aliphatic carbocycles. The second kappa shape index (κ2) is 7.27. The van der Waals surface area contributed by atoms with Crippen LogP contribution in [0.4, 0.5) is 0 Å². The molecule has 7 heteroatoms. The minimum atomic E-state index is -0.632. The minimum Gasteiger partial charge on any atom is -0.481 e. The summed E-state index contributed by atoms with van der Waals surface area (Å²) in [6.07, 6.45) is 0.427. The normalized spacial score (nSPS) is 15.2. The number of aromatic nitrogens is 2. The van der Waals surface area contributed by atoms with E-state index in [0.29, 0.717) is 48.1 Å². The van der Waals surface area contributed by atoms with Gasteiger partial charge in [-0.05, 0) is 38.5 Å². The molecule has 0 radical (unpaired) electrons. The fraction of sp³-hybridized carbons (Fsp3) is 0.389. The summed E-state index contributed by atoms with van der Waals surface area (Å²) in [5, 5.41) is 0.558. The number of H-pyrrole nitrogens is 1. The Morgan fingerprint density at radius 2 is 2.12 bits per heavy atom. The molecule has 0 fully saturated rings. The van der Waals surface area contributed by atoms with Crippen LogP contribution in [0.25, 0.3) is 0 Å². The Bertz CT molecular complexity index is 850. The van der Waals surface area contributed by atoms with E-state index in [-0.39, 0.29) is 11.5 Å². The molecule has 6 nitrogen and oxygen atoms in total. The van der Waals surface area contributed by atoms with Crippen LogP contribution in [0.2, 0.25) is 5.02 Å². The van der Waals surface area contributed by atoms with E-state index in [2.05, 4.69) is 9.97 Å². The van der Waals surface area contributed by atoms with Crippen molar-refractivity contribution in [2.75, 3.05) is 13.1 Å². The Kier molecular flexibility index (Phi) is 5.08. The lowest BCUT2D eigenvalue weighted by atomic mass is 10.1. The lowest BCUT2D eigenvalue weighted by Crippen LogP contribution is -2.41. The van der Waals surface area contributed by atoms with Crippen molar-refractivity contribution >= 4 is 17.5 Å². The monoisotopic (exact) mass is 361 g/mol. The van der Waals surface area contributed by atoms with Crippen molar-refractivity contribution in [2.24, 2.45) is 0 Å². The van der Waals surface area contributed by atoms with E-state index < -0.39 is 6.10 Å². The number of aryl methyl sites for hydroxylation is 1. The number of benzene rings is 1. The number of hydrogen-bond donors (Lipinski definition) is 1. The zero-order valence-electron chi connectivity index (χ0n) is 14.2. The Labute approximate surface area is 150 Å². The first kappa shape index (κ1) is 17.5. The lowest BCUT2D eigenvalue weighted by molar-refractivity contribution is -0.137. The number of carbonyl (C=O) groups excluding carboxylic acids is 1. The predicted octanol–water partition coefficient (Wildman–Crippen LogP) is 2.13. The molecule has 3 rings (SSSR count). The standard InChI is InChI=1S/C18H20ClN3O3/c1-11(25-14-5-3-4-13(19)10-14)18(24)22-8-6-15-16(7-9-22)20-12(2)21-17(15)23/h3-5,10-11H,6-9H2,1-2H3,(H,20,21,23)/t11-/m0/s1. The molecule has 2 aromatic rings. The van der Waals surface area contributed by atoms with Gasteiger partial charge in [0.15, 0.2) is 6.10 Å². The Morgan fingerprint density at radius 1 is 1.36 bits per heavy atom. The smallest absolute Gasteiger partial charge is 0.263 e. The number of fused-ring (bicyclic) bond motifs is 1. The molecule has 1 aromatic heterocycles. The predicted molar refractivity (Wildman–Crippen MR) is 95.1 cm³/mol. The van der Waals surface area contributed by atoms with E-state index in [1.807, 2.05) is 0 Å². The Hall–Kier alpha value is -2.34. The van der Waals surface area contributed by atoms with Gasteiger partial charge in [0, 0.05) is 30.1 Å². The summed E-state index contributed by atoms with van der Waals surface area (Å²) >= 11 is 5.94. The molecule has 1 atom stereocenters. The molecular formula is C18H20ClN3O3. The topological polar surface area (TPSA) is 75.3 Å². The van der Waals surface area contributed by atoms with Gasteiger partial charge in [-0.15, -0.1) is 0 Å². The second-order valence-electron chi connectivity index (χ2n) is 6.12.